The molecule has 96 valence electrons. The predicted octanol–water partition coefficient (Wildman–Crippen LogP) is 2.14. The minimum absolute atomic E-state index is 0.186. The van der Waals surface area contributed by atoms with Crippen LogP contribution in [0.1, 0.15) is 20.3 Å². The third-order valence-corrected chi connectivity index (χ3v) is 5.94. The Kier molecular flexibility index (Phi) is 5.49. The maximum absolute atomic E-state index is 6.12. The zero-order chi connectivity index (χ0) is 12.2. The van der Waals surface area contributed by atoms with Crippen LogP contribution in [-0.4, -0.2) is 54.1 Å². The largest absolute Gasteiger partial charge is 0.329 e. The molecule has 1 aliphatic heterocycles. The molecule has 0 saturated carbocycles. The molecule has 0 aromatic heterocycles. The first-order valence-corrected chi connectivity index (χ1v) is 8.53. The van der Waals surface area contributed by atoms with Gasteiger partial charge in [0.2, 0.25) is 0 Å². The van der Waals surface area contributed by atoms with Crippen molar-refractivity contribution in [2.45, 2.75) is 25.8 Å². The lowest BCUT2D eigenvalue weighted by Crippen LogP contribution is -2.65. The number of nitrogens with two attached hydrogens (primary N) is 1. The van der Waals surface area contributed by atoms with Gasteiger partial charge in [-0.15, -0.1) is 0 Å². The summed E-state index contributed by atoms with van der Waals surface area (Å²) in [6.07, 6.45) is 3.45. The topological polar surface area (TPSA) is 29.3 Å². The van der Waals surface area contributed by atoms with Crippen LogP contribution in [0.15, 0.2) is 0 Å². The second-order valence-electron chi connectivity index (χ2n) is 5.34. The highest BCUT2D eigenvalue weighted by Gasteiger charge is 2.48. The van der Waals surface area contributed by atoms with Crippen molar-refractivity contribution in [2.24, 2.45) is 11.1 Å². The van der Waals surface area contributed by atoms with Gasteiger partial charge in [-0.25, -0.2) is 0 Å². The van der Waals surface area contributed by atoms with Crippen LogP contribution in [-0.2, 0) is 0 Å². The molecule has 1 fully saturated rings. The van der Waals surface area contributed by atoms with Crippen molar-refractivity contribution < 1.29 is 0 Å². The monoisotopic (exact) mass is 262 g/mol. The Morgan fingerprint density at radius 3 is 2.62 bits per heavy atom. The Hall–Kier alpha value is 0.620. The minimum Gasteiger partial charge on any atom is -0.329 e. The number of likely N-dealkylation sites (N-methyl/N-ethyl adjacent to an activating group) is 1. The SMILES string of the molecule is CSCCN(C)C1(CN)CSCCC1(C)C. The molecule has 4 heteroatoms. The molecule has 0 aromatic rings. The predicted molar refractivity (Wildman–Crippen MR) is 78.5 cm³/mol. The molecule has 0 amide bonds. The lowest BCUT2D eigenvalue weighted by atomic mass is 9.70. The van der Waals surface area contributed by atoms with Crippen LogP contribution in [0, 0.1) is 5.41 Å². The molecule has 0 aromatic carbocycles. The molecule has 0 aliphatic carbocycles. The van der Waals surface area contributed by atoms with Crippen LogP contribution in [0.4, 0.5) is 0 Å². The Bertz CT molecular complexity index is 221. The summed E-state index contributed by atoms with van der Waals surface area (Å²) in [5.74, 6) is 3.66. The van der Waals surface area contributed by atoms with Crippen LogP contribution < -0.4 is 5.73 Å². The standard InChI is InChI=1S/C12H26N2S2/c1-11(2)5-7-16-10-12(11,9-13)14(3)6-8-15-4/h5-10,13H2,1-4H3. The van der Waals surface area contributed by atoms with Gasteiger partial charge in [0, 0.05) is 30.1 Å². The van der Waals surface area contributed by atoms with E-state index in [9.17, 15) is 0 Å². The molecule has 0 bridgehead atoms. The minimum atomic E-state index is 0.186. The fourth-order valence-electron chi connectivity index (χ4n) is 2.56. The number of hydrogen-bond acceptors (Lipinski definition) is 4. The van der Waals surface area contributed by atoms with Crippen molar-refractivity contribution in [1.29, 1.82) is 0 Å². The highest BCUT2D eigenvalue weighted by Crippen LogP contribution is 2.44. The van der Waals surface area contributed by atoms with Gasteiger partial charge in [0.25, 0.3) is 0 Å². The second-order valence-corrected chi connectivity index (χ2v) is 7.43. The molecular formula is C12H26N2S2. The summed E-state index contributed by atoms with van der Waals surface area (Å²) in [5, 5.41) is 0. The summed E-state index contributed by atoms with van der Waals surface area (Å²) in [6.45, 7) is 6.69. The van der Waals surface area contributed by atoms with Crippen LogP contribution in [0.2, 0.25) is 0 Å². The van der Waals surface area contributed by atoms with Crippen molar-refractivity contribution in [3.05, 3.63) is 0 Å². The van der Waals surface area contributed by atoms with Crippen LogP contribution >= 0.6 is 23.5 Å². The zero-order valence-corrected chi connectivity index (χ0v) is 12.7. The molecule has 2 nitrogen and oxygen atoms in total. The summed E-state index contributed by atoms with van der Waals surface area (Å²) >= 11 is 3.98. The Balaban J connectivity index is 2.80. The van der Waals surface area contributed by atoms with E-state index >= 15 is 0 Å². The van der Waals surface area contributed by atoms with E-state index in [-0.39, 0.29) is 5.54 Å². The first-order chi connectivity index (χ1) is 7.50. The maximum atomic E-state index is 6.12. The van der Waals surface area contributed by atoms with E-state index in [1.165, 1.54) is 23.7 Å². The van der Waals surface area contributed by atoms with E-state index in [2.05, 4.69) is 43.8 Å². The van der Waals surface area contributed by atoms with Gasteiger partial charge >= 0.3 is 0 Å². The quantitative estimate of drug-likeness (QED) is 0.822. The summed E-state index contributed by atoms with van der Waals surface area (Å²) in [4.78, 5) is 2.51. The van der Waals surface area contributed by atoms with E-state index < -0.39 is 0 Å². The van der Waals surface area contributed by atoms with E-state index in [0.29, 0.717) is 5.41 Å². The van der Waals surface area contributed by atoms with E-state index in [1.54, 1.807) is 0 Å². The van der Waals surface area contributed by atoms with Crippen molar-refractivity contribution in [2.75, 3.05) is 43.7 Å². The Morgan fingerprint density at radius 2 is 2.12 bits per heavy atom. The molecular weight excluding hydrogens is 236 g/mol. The fourth-order valence-corrected chi connectivity index (χ4v) is 4.88. The smallest absolute Gasteiger partial charge is 0.0470 e. The molecule has 0 radical (unpaired) electrons. The van der Waals surface area contributed by atoms with Gasteiger partial charge in [0.15, 0.2) is 0 Å². The summed E-state index contributed by atoms with van der Waals surface area (Å²) < 4.78 is 0. The van der Waals surface area contributed by atoms with Gasteiger partial charge in [0.1, 0.15) is 0 Å². The van der Waals surface area contributed by atoms with E-state index in [0.717, 1.165) is 13.1 Å². The zero-order valence-electron chi connectivity index (χ0n) is 11.1. The third kappa shape index (κ3) is 2.71. The number of hydrogen-bond donors (Lipinski definition) is 1. The molecule has 1 rings (SSSR count). The Labute approximate surface area is 109 Å². The van der Waals surface area contributed by atoms with Gasteiger partial charge in [0.05, 0.1) is 0 Å². The second kappa shape index (κ2) is 5.98. The molecule has 2 N–H and O–H groups in total. The van der Waals surface area contributed by atoms with Gasteiger partial charge in [-0.05, 0) is 30.9 Å². The molecule has 1 heterocycles. The van der Waals surface area contributed by atoms with Crippen molar-refractivity contribution in [3.8, 4) is 0 Å². The number of thioether (sulfide) groups is 2. The first-order valence-electron chi connectivity index (χ1n) is 5.98. The molecule has 0 spiro atoms. The number of rotatable bonds is 5. The van der Waals surface area contributed by atoms with Crippen molar-refractivity contribution >= 4 is 23.5 Å². The third-order valence-electron chi connectivity index (χ3n) is 4.17. The highest BCUT2D eigenvalue weighted by molar-refractivity contribution is 7.99. The van der Waals surface area contributed by atoms with Gasteiger partial charge in [-0.3, -0.25) is 4.90 Å². The van der Waals surface area contributed by atoms with Gasteiger partial charge in [-0.2, -0.15) is 23.5 Å². The first kappa shape index (κ1) is 14.7. The average Bonchev–Trinajstić information content (AvgIpc) is 2.25. The lowest BCUT2D eigenvalue weighted by molar-refractivity contribution is 0.0248. The maximum Gasteiger partial charge on any atom is 0.0470 e. The molecule has 1 unspecified atom stereocenters. The van der Waals surface area contributed by atoms with Crippen LogP contribution in [0.25, 0.3) is 0 Å². The van der Waals surface area contributed by atoms with Gasteiger partial charge < -0.3 is 5.73 Å². The Morgan fingerprint density at radius 1 is 1.44 bits per heavy atom. The summed E-state index contributed by atoms with van der Waals surface area (Å²) in [6, 6.07) is 0. The van der Waals surface area contributed by atoms with E-state index in [4.69, 9.17) is 5.73 Å². The molecule has 1 saturated heterocycles. The molecule has 16 heavy (non-hydrogen) atoms. The van der Waals surface area contributed by atoms with Gasteiger partial charge in [-0.1, -0.05) is 13.8 Å². The number of nitrogens with zero attached hydrogens (tertiary/aromatic N) is 1. The highest BCUT2D eigenvalue weighted by atomic mass is 32.2. The normalized spacial score (nSPS) is 29.6. The van der Waals surface area contributed by atoms with Crippen LogP contribution in [0.5, 0.6) is 0 Å². The summed E-state index contributed by atoms with van der Waals surface area (Å²) in [5.41, 5.74) is 6.64. The molecule has 1 aliphatic rings. The summed E-state index contributed by atoms with van der Waals surface area (Å²) in [7, 11) is 2.25. The average molecular weight is 262 g/mol. The molecule has 1 atom stereocenters. The van der Waals surface area contributed by atoms with E-state index in [1.807, 2.05) is 11.8 Å². The fraction of sp³-hybridized carbons (Fsp3) is 1.00. The van der Waals surface area contributed by atoms with Crippen LogP contribution in [0.3, 0.4) is 0 Å². The lowest BCUT2D eigenvalue weighted by Gasteiger charge is -2.54. The van der Waals surface area contributed by atoms with Crippen molar-refractivity contribution in [3.63, 3.8) is 0 Å². The van der Waals surface area contributed by atoms with Crippen molar-refractivity contribution in [1.82, 2.24) is 4.90 Å².